The molecular formula is C51H59N3O11. The van der Waals surface area contributed by atoms with Gasteiger partial charge in [0.05, 0.1) is 49.5 Å². The zero-order valence-corrected chi connectivity index (χ0v) is 36.9. The summed E-state index contributed by atoms with van der Waals surface area (Å²) in [6.07, 6.45) is 9.89. The summed E-state index contributed by atoms with van der Waals surface area (Å²) in [6, 6.07) is 24.9. The summed E-state index contributed by atoms with van der Waals surface area (Å²) in [5.74, 6) is -1.16. The third kappa shape index (κ3) is 9.77. The number of rotatable bonds is 19. The minimum Gasteiger partial charge on any atom is -0.459 e. The molecule has 0 spiro atoms. The smallest absolute Gasteiger partial charge is 0.410 e. The van der Waals surface area contributed by atoms with E-state index in [0.717, 1.165) is 66.0 Å². The lowest BCUT2D eigenvalue weighted by Crippen LogP contribution is -2.70. The van der Waals surface area contributed by atoms with E-state index < -0.39 is 35.1 Å². The molecule has 0 radical (unpaired) electrons. The molecule has 0 aromatic heterocycles. The van der Waals surface area contributed by atoms with Crippen LogP contribution >= 0.6 is 0 Å². The number of nitro groups is 1. The van der Waals surface area contributed by atoms with Crippen LogP contribution < -0.4 is 9.47 Å². The fraction of sp³-hybridized carbons (Fsp3) is 0.451. The molecule has 2 aliphatic carbocycles. The summed E-state index contributed by atoms with van der Waals surface area (Å²) in [4.78, 5) is 33.8. The maximum atomic E-state index is 14.5. The number of nitro benzene ring substituents is 1. The normalized spacial score (nSPS) is 25.1. The number of unbranched alkanes of at least 4 members (excludes halogenated alkanes) is 2. The number of carbonyl (C=O) groups is 1. The van der Waals surface area contributed by atoms with Gasteiger partial charge in [0.1, 0.15) is 23.3 Å². The summed E-state index contributed by atoms with van der Waals surface area (Å²) >= 11 is 0. The molecule has 2 fully saturated rings. The van der Waals surface area contributed by atoms with E-state index in [2.05, 4.69) is 12.7 Å². The molecular weight excluding hydrogens is 831 g/mol. The molecule has 2 aliphatic heterocycles. The van der Waals surface area contributed by atoms with Gasteiger partial charge in [0, 0.05) is 43.6 Å². The Labute approximate surface area is 379 Å². The summed E-state index contributed by atoms with van der Waals surface area (Å²) in [7, 11) is 1.37. The first-order chi connectivity index (χ1) is 31.8. The van der Waals surface area contributed by atoms with Gasteiger partial charge in [0.25, 0.3) is 5.69 Å². The zero-order valence-electron chi connectivity index (χ0n) is 36.9. The van der Waals surface area contributed by atoms with Gasteiger partial charge < -0.3 is 38.7 Å². The van der Waals surface area contributed by atoms with E-state index in [9.17, 15) is 25.1 Å². The van der Waals surface area contributed by atoms with Crippen LogP contribution in [0, 0.1) is 27.9 Å². The fourth-order valence-electron chi connectivity index (χ4n) is 10.5. The number of ether oxygens (including phenoxy) is 5. The molecule has 65 heavy (non-hydrogen) atoms. The number of carbonyl (C=O) groups excluding carboxylic acids is 1. The lowest BCUT2D eigenvalue weighted by Gasteiger charge is -2.59. The van der Waals surface area contributed by atoms with Crippen molar-refractivity contribution >= 4 is 28.3 Å². The topological polar surface area (TPSA) is 172 Å². The lowest BCUT2D eigenvalue weighted by molar-refractivity contribution is -0.384. The highest BCUT2D eigenvalue weighted by Crippen LogP contribution is 2.62. The van der Waals surface area contributed by atoms with Crippen LogP contribution in [0.2, 0.25) is 0 Å². The number of fused-ring (bicyclic) bond motifs is 3. The molecule has 1 saturated heterocycles. The van der Waals surface area contributed by atoms with Crippen LogP contribution in [0.1, 0.15) is 81.3 Å². The van der Waals surface area contributed by atoms with Gasteiger partial charge in [-0.05, 0) is 96.5 Å². The number of oxime groups is 1. The molecule has 1 amide bonds. The molecule has 344 valence electrons. The van der Waals surface area contributed by atoms with E-state index in [1.54, 1.807) is 29.2 Å². The van der Waals surface area contributed by atoms with Crippen LogP contribution in [0.25, 0.3) is 10.8 Å². The van der Waals surface area contributed by atoms with Crippen LogP contribution in [0.15, 0.2) is 114 Å². The number of aliphatic hydroxyl groups is 2. The highest BCUT2D eigenvalue weighted by molar-refractivity contribution is 6.03. The Morgan fingerprint density at radius 1 is 0.985 bits per heavy atom. The molecule has 7 atom stereocenters. The Balaban J connectivity index is 1.34. The molecule has 7 unspecified atom stereocenters. The Bertz CT molecular complexity index is 2370. The maximum absolute atomic E-state index is 14.5. The number of amides is 1. The highest BCUT2D eigenvalue weighted by Gasteiger charge is 2.65. The first kappa shape index (κ1) is 45.8. The van der Waals surface area contributed by atoms with Gasteiger partial charge in [-0.15, -0.1) is 6.58 Å². The average molecular weight is 890 g/mol. The predicted octanol–water partition coefficient (Wildman–Crippen LogP) is 9.97. The molecule has 0 bridgehead atoms. The molecule has 14 heteroatoms. The second kappa shape index (κ2) is 21.0. The Hall–Kier alpha value is -5.80. The van der Waals surface area contributed by atoms with Crippen molar-refractivity contribution in [2.24, 2.45) is 22.9 Å². The van der Waals surface area contributed by atoms with Crippen LogP contribution in [0.4, 0.5) is 10.5 Å². The van der Waals surface area contributed by atoms with Gasteiger partial charge >= 0.3 is 6.09 Å². The summed E-state index contributed by atoms with van der Waals surface area (Å²) < 4.78 is 32.5. The number of hydrogen-bond donors (Lipinski definition) is 2. The average Bonchev–Trinajstić information content (AvgIpc) is 3.33. The van der Waals surface area contributed by atoms with E-state index >= 15 is 0 Å². The SMILES string of the molecule is C=CCOC12Oc3ccc(Oc4cccc([N+](=O)[O-])c4)cc3C3C(CCCCO)C(CCCCO)C=C(C(=NOC4CCCCO4)CC1N(Cc1cccc4ccccc14)C(=O)OC)C32. The Kier molecular flexibility index (Phi) is 14.8. The van der Waals surface area contributed by atoms with Crippen molar-refractivity contribution in [2.75, 3.05) is 33.5 Å². The van der Waals surface area contributed by atoms with Crippen molar-refractivity contribution in [2.45, 2.75) is 94.8 Å². The molecule has 1 saturated carbocycles. The lowest BCUT2D eigenvalue weighted by atomic mass is 9.55. The minimum atomic E-state index is -1.52. The predicted molar refractivity (Wildman–Crippen MR) is 245 cm³/mol. The van der Waals surface area contributed by atoms with Crippen molar-refractivity contribution in [1.82, 2.24) is 4.90 Å². The van der Waals surface area contributed by atoms with Gasteiger partial charge in [-0.1, -0.05) is 78.7 Å². The largest absolute Gasteiger partial charge is 0.459 e. The van der Waals surface area contributed by atoms with Crippen molar-refractivity contribution in [3.63, 3.8) is 0 Å². The fourth-order valence-corrected chi connectivity index (χ4v) is 10.5. The van der Waals surface area contributed by atoms with E-state index in [-0.39, 0.29) is 56.2 Å². The molecule has 4 aliphatic rings. The first-order valence-electron chi connectivity index (χ1n) is 22.9. The number of benzene rings is 4. The number of nitrogens with zero attached hydrogens (tertiary/aromatic N) is 3. The quantitative estimate of drug-likeness (QED) is 0.0397. The second-order valence-electron chi connectivity index (χ2n) is 17.3. The highest BCUT2D eigenvalue weighted by atomic mass is 16.8. The van der Waals surface area contributed by atoms with Gasteiger partial charge in [0.2, 0.25) is 12.1 Å². The van der Waals surface area contributed by atoms with Crippen LogP contribution in [-0.4, -0.2) is 83.5 Å². The number of hydrogen-bond acceptors (Lipinski definition) is 12. The number of allylic oxidation sites excluding steroid dienone is 1. The Morgan fingerprint density at radius 2 is 1.77 bits per heavy atom. The number of methoxy groups -OCH3 is 1. The van der Waals surface area contributed by atoms with Crippen molar-refractivity contribution in [3.05, 3.63) is 130 Å². The van der Waals surface area contributed by atoms with E-state index in [0.29, 0.717) is 48.8 Å². The molecule has 14 nitrogen and oxygen atoms in total. The maximum Gasteiger partial charge on any atom is 0.410 e. The Morgan fingerprint density at radius 3 is 2.54 bits per heavy atom. The monoisotopic (exact) mass is 889 g/mol. The first-order valence-corrected chi connectivity index (χ1v) is 22.9. The van der Waals surface area contributed by atoms with E-state index in [1.165, 1.54) is 19.2 Å². The third-order valence-electron chi connectivity index (χ3n) is 13.3. The van der Waals surface area contributed by atoms with E-state index in [1.807, 2.05) is 54.6 Å². The zero-order chi connectivity index (χ0) is 45.3. The molecule has 2 N–H and O–H groups in total. The summed E-state index contributed by atoms with van der Waals surface area (Å²) in [6.45, 7) is 4.98. The van der Waals surface area contributed by atoms with E-state index in [4.69, 9.17) is 33.7 Å². The standard InChI is InChI=1S/C51H59N3O11/c1-3-27-62-51-46(53(50(57)60-2)33-36-17-12-16-34-14-4-5-20-40(34)36)32-44(52-65-47-22-8-11-28-61-47)42-29-35(15-6-9-25-55)41(21-7-10-26-56)48(49(42)51)43-31-39(23-24-45(43)64-51)63-38-19-13-18-37(30-38)54(58)59/h3-5,12-14,16-20,23-24,29-31,35,41,46-49,55-56H,1,6-11,15,21-22,25-28,32-33H2,2H3. The molecule has 8 rings (SSSR count). The van der Waals surface area contributed by atoms with Crippen molar-refractivity contribution in [1.29, 1.82) is 0 Å². The van der Waals surface area contributed by atoms with Crippen LogP contribution in [-0.2, 0) is 25.6 Å². The van der Waals surface area contributed by atoms with Gasteiger partial charge in [-0.2, -0.15) is 0 Å². The molecule has 4 aromatic carbocycles. The van der Waals surface area contributed by atoms with Gasteiger partial charge in [0.15, 0.2) is 0 Å². The number of aliphatic hydroxyl groups excluding tert-OH is 2. The van der Waals surface area contributed by atoms with Crippen LogP contribution in [0.3, 0.4) is 0 Å². The van der Waals surface area contributed by atoms with Crippen LogP contribution in [0.5, 0.6) is 17.2 Å². The molecule has 4 aromatic rings. The van der Waals surface area contributed by atoms with Crippen molar-refractivity contribution in [3.8, 4) is 17.2 Å². The number of non-ortho nitro benzene ring substituents is 1. The van der Waals surface area contributed by atoms with Crippen molar-refractivity contribution < 1.29 is 48.5 Å². The van der Waals surface area contributed by atoms with Gasteiger partial charge in [-0.3, -0.25) is 15.0 Å². The van der Waals surface area contributed by atoms with Gasteiger partial charge in [-0.25, -0.2) is 4.79 Å². The third-order valence-corrected chi connectivity index (χ3v) is 13.3. The minimum absolute atomic E-state index is 0.000897. The summed E-state index contributed by atoms with van der Waals surface area (Å²) in [5, 5.41) is 38.7. The second-order valence-corrected chi connectivity index (χ2v) is 17.3. The molecule has 2 heterocycles. The summed E-state index contributed by atoms with van der Waals surface area (Å²) in [5.41, 5.74) is 3.18.